The zero-order valence-electron chi connectivity index (χ0n) is 17.9. The van der Waals surface area contributed by atoms with E-state index in [1.807, 2.05) is 37.3 Å². The Balaban J connectivity index is 1.77. The fraction of sp³-hybridized carbons (Fsp3) is 0.217. The summed E-state index contributed by atoms with van der Waals surface area (Å²) < 4.78 is 12.5. The van der Waals surface area contributed by atoms with E-state index >= 15 is 0 Å². The minimum absolute atomic E-state index is 0.160. The van der Waals surface area contributed by atoms with Crippen LogP contribution in [0.3, 0.4) is 0 Å². The van der Waals surface area contributed by atoms with Crippen molar-refractivity contribution in [2.24, 2.45) is 0 Å². The molecule has 32 heavy (non-hydrogen) atoms. The minimum Gasteiger partial charge on any atom is -0.492 e. The van der Waals surface area contributed by atoms with Crippen LogP contribution in [0.4, 0.5) is 5.69 Å². The Hall–Kier alpha value is -3.49. The number of ether oxygens (including phenoxy) is 2. The maximum Gasteiger partial charge on any atom is 0.278 e. The summed E-state index contributed by atoms with van der Waals surface area (Å²) in [4.78, 5) is 13.0. The smallest absolute Gasteiger partial charge is 0.278 e. The van der Waals surface area contributed by atoms with Gasteiger partial charge in [-0.3, -0.25) is 4.79 Å². The normalized spacial score (nSPS) is 11.0. The predicted octanol–water partition coefficient (Wildman–Crippen LogP) is 4.55. The quantitative estimate of drug-likeness (QED) is 0.443. The number of para-hydroxylation sites is 2. The lowest BCUT2D eigenvalue weighted by Crippen LogP contribution is -2.19. The summed E-state index contributed by atoms with van der Waals surface area (Å²) in [6.07, 6.45) is 0. The van der Waals surface area contributed by atoms with E-state index in [0.717, 1.165) is 11.1 Å². The van der Waals surface area contributed by atoms with Gasteiger partial charge in [0.05, 0.1) is 35.9 Å². The summed E-state index contributed by atoms with van der Waals surface area (Å²) in [5, 5.41) is 16.7. The number of nitrogens with zero attached hydrogens (tertiary/aromatic N) is 4. The molecule has 0 aliphatic heterocycles. The predicted molar refractivity (Wildman–Crippen MR) is 122 cm³/mol. The standard InChI is InChI=1S/C23H22ClN5O3/c1-4-32-19-11-6-5-10-17(19)25-23(30)21-14(2)29-22(27-26-21)20(18(28-29)13-31-3)15-8-7-9-16(24)12-15/h5-12H,4,13H2,1-3H3,(H,25,30). The van der Waals surface area contributed by atoms with Crippen molar-refractivity contribution in [3.05, 3.63) is 70.6 Å². The summed E-state index contributed by atoms with van der Waals surface area (Å²) in [6, 6.07) is 14.6. The Bertz CT molecular complexity index is 1290. The van der Waals surface area contributed by atoms with Crippen LogP contribution in [0, 0.1) is 6.92 Å². The maximum atomic E-state index is 13.0. The summed E-state index contributed by atoms with van der Waals surface area (Å²) in [7, 11) is 1.60. The Morgan fingerprint density at radius 3 is 2.72 bits per heavy atom. The molecule has 0 radical (unpaired) electrons. The number of amides is 1. The Morgan fingerprint density at radius 2 is 1.97 bits per heavy atom. The second-order valence-electron chi connectivity index (χ2n) is 7.02. The molecule has 4 aromatic rings. The molecule has 0 bridgehead atoms. The van der Waals surface area contributed by atoms with Crippen molar-refractivity contribution in [3.63, 3.8) is 0 Å². The number of hydrogen-bond acceptors (Lipinski definition) is 6. The van der Waals surface area contributed by atoms with Gasteiger partial charge >= 0.3 is 0 Å². The van der Waals surface area contributed by atoms with Gasteiger partial charge in [-0.1, -0.05) is 35.9 Å². The summed E-state index contributed by atoms with van der Waals surface area (Å²) >= 11 is 6.19. The lowest BCUT2D eigenvalue weighted by Gasteiger charge is -2.12. The molecule has 0 unspecified atom stereocenters. The first-order chi connectivity index (χ1) is 15.5. The second-order valence-corrected chi connectivity index (χ2v) is 7.45. The van der Waals surface area contributed by atoms with Crippen molar-refractivity contribution in [2.75, 3.05) is 19.0 Å². The highest BCUT2D eigenvalue weighted by Gasteiger charge is 2.22. The molecule has 1 N–H and O–H groups in total. The van der Waals surface area contributed by atoms with Gasteiger partial charge in [-0.2, -0.15) is 5.10 Å². The highest BCUT2D eigenvalue weighted by Crippen LogP contribution is 2.31. The molecule has 0 saturated carbocycles. The van der Waals surface area contributed by atoms with Gasteiger partial charge in [0.25, 0.3) is 5.91 Å². The van der Waals surface area contributed by atoms with Crippen molar-refractivity contribution in [1.82, 2.24) is 19.8 Å². The first-order valence-corrected chi connectivity index (χ1v) is 10.4. The molecular weight excluding hydrogens is 430 g/mol. The van der Waals surface area contributed by atoms with Gasteiger partial charge in [0.2, 0.25) is 0 Å². The van der Waals surface area contributed by atoms with Crippen LogP contribution in [0.1, 0.15) is 28.8 Å². The highest BCUT2D eigenvalue weighted by molar-refractivity contribution is 6.30. The number of anilines is 1. The second kappa shape index (κ2) is 9.33. The number of fused-ring (bicyclic) bond motifs is 1. The van der Waals surface area contributed by atoms with Gasteiger partial charge in [0, 0.05) is 12.1 Å². The van der Waals surface area contributed by atoms with Gasteiger partial charge < -0.3 is 14.8 Å². The topological polar surface area (TPSA) is 90.6 Å². The van der Waals surface area contributed by atoms with E-state index in [1.54, 1.807) is 36.7 Å². The van der Waals surface area contributed by atoms with Crippen LogP contribution >= 0.6 is 11.6 Å². The Kier molecular flexibility index (Phi) is 6.34. The third kappa shape index (κ3) is 4.15. The van der Waals surface area contributed by atoms with Crippen LogP contribution < -0.4 is 10.1 Å². The summed E-state index contributed by atoms with van der Waals surface area (Å²) in [6.45, 7) is 4.42. The van der Waals surface area contributed by atoms with Crippen molar-refractivity contribution < 1.29 is 14.3 Å². The zero-order chi connectivity index (χ0) is 22.7. The van der Waals surface area contributed by atoms with Crippen LogP contribution in [0.2, 0.25) is 5.02 Å². The number of aromatic nitrogens is 4. The molecule has 2 aromatic carbocycles. The SMILES string of the molecule is CCOc1ccccc1NC(=O)c1nnc2c(-c3cccc(Cl)c3)c(COC)nn2c1C. The molecular formula is C23H22ClN5O3. The first kappa shape index (κ1) is 21.7. The van der Waals surface area contributed by atoms with E-state index in [9.17, 15) is 4.79 Å². The van der Waals surface area contributed by atoms with Crippen molar-refractivity contribution in [3.8, 4) is 16.9 Å². The minimum atomic E-state index is -0.405. The average molecular weight is 452 g/mol. The van der Waals surface area contributed by atoms with Crippen LogP contribution in [0.25, 0.3) is 16.8 Å². The molecule has 0 aliphatic carbocycles. The molecule has 2 heterocycles. The average Bonchev–Trinajstić information content (AvgIpc) is 3.15. The number of carbonyl (C=O) groups is 1. The van der Waals surface area contributed by atoms with Gasteiger partial charge in [0.15, 0.2) is 11.3 Å². The fourth-order valence-corrected chi connectivity index (χ4v) is 3.66. The monoisotopic (exact) mass is 451 g/mol. The van der Waals surface area contributed by atoms with Crippen LogP contribution in [-0.2, 0) is 11.3 Å². The summed E-state index contributed by atoms with van der Waals surface area (Å²) in [5.74, 6) is 0.178. The van der Waals surface area contributed by atoms with Crippen LogP contribution in [0.15, 0.2) is 48.5 Å². The molecule has 0 aliphatic rings. The Labute approximate surface area is 190 Å². The third-order valence-corrected chi connectivity index (χ3v) is 5.12. The molecule has 0 spiro atoms. The molecule has 0 saturated heterocycles. The number of benzene rings is 2. The highest BCUT2D eigenvalue weighted by atomic mass is 35.5. The van der Waals surface area contributed by atoms with E-state index in [4.69, 9.17) is 21.1 Å². The van der Waals surface area contributed by atoms with Gasteiger partial charge in [-0.05, 0) is 43.7 Å². The molecule has 0 fully saturated rings. The zero-order valence-corrected chi connectivity index (χ0v) is 18.7. The molecule has 0 atom stereocenters. The van der Waals surface area contributed by atoms with Crippen molar-refractivity contribution in [1.29, 1.82) is 0 Å². The third-order valence-electron chi connectivity index (χ3n) is 4.88. The number of aryl methyl sites for hydroxylation is 1. The van der Waals surface area contributed by atoms with Gasteiger partial charge in [-0.25, -0.2) is 4.52 Å². The molecule has 164 valence electrons. The number of rotatable bonds is 7. The number of halogens is 1. The number of methoxy groups -OCH3 is 1. The van der Waals surface area contributed by atoms with Gasteiger partial charge in [-0.15, -0.1) is 10.2 Å². The van der Waals surface area contributed by atoms with E-state index in [-0.39, 0.29) is 12.3 Å². The number of nitrogens with one attached hydrogen (secondary N) is 1. The van der Waals surface area contributed by atoms with E-state index < -0.39 is 5.91 Å². The molecule has 8 nitrogen and oxygen atoms in total. The fourth-order valence-electron chi connectivity index (χ4n) is 3.47. The van der Waals surface area contributed by atoms with Gasteiger partial charge in [0.1, 0.15) is 5.75 Å². The molecule has 9 heteroatoms. The molecule has 4 rings (SSSR count). The van der Waals surface area contributed by atoms with Crippen LogP contribution in [0.5, 0.6) is 5.75 Å². The van der Waals surface area contributed by atoms with E-state index in [2.05, 4.69) is 20.6 Å². The van der Waals surface area contributed by atoms with Crippen molar-refractivity contribution in [2.45, 2.75) is 20.5 Å². The van der Waals surface area contributed by atoms with E-state index in [0.29, 0.717) is 40.1 Å². The lowest BCUT2D eigenvalue weighted by molar-refractivity contribution is 0.101. The Morgan fingerprint density at radius 1 is 1.16 bits per heavy atom. The van der Waals surface area contributed by atoms with Crippen LogP contribution in [-0.4, -0.2) is 39.4 Å². The first-order valence-electron chi connectivity index (χ1n) is 10.1. The maximum absolute atomic E-state index is 13.0. The molecule has 1 amide bonds. The van der Waals surface area contributed by atoms with Crippen molar-refractivity contribution >= 4 is 28.8 Å². The molecule has 2 aromatic heterocycles. The lowest BCUT2D eigenvalue weighted by atomic mass is 10.1. The summed E-state index contributed by atoms with van der Waals surface area (Å²) in [5.41, 5.74) is 4.06. The number of carbonyl (C=O) groups excluding carboxylic acids is 1. The largest absolute Gasteiger partial charge is 0.492 e. The van der Waals surface area contributed by atoms with E-state index in [1.165, 1.54) is 0 Å². The number of hydrogen-bond donors (Lipinski definition) is 1.